The summed E-state index contributed by atoms with van der Waals surface area (Å²) in [6.45, 7) is 6.68. The molecular formula is C38H44FN3O6. The van der Waals surface area contributed by atoms with Gasteiger partial charge in [0.1, 0.15) is 5.82 Å². The number of carbonyl (C=O) groups is 2. The van der Waals surface area contributed by atoms with Gasteiger partial charge in [-0.1, -0.05) is 51.0 Å². The second kappa shape index (κ2) is 14.3. The summed E-state index contributed by atoms with van der Waals surface area (Å²) in [5.74, 6) is -1.35. The molecule has 10 heteroatoms. The number of carboxylic acid groups (broad SMARTS) is 1. The maximum Gasteiger partial charge on any atom is 0.308 e. The molecule has 1 aromatic heterocycles. The Hall–Kier alpha value is -4.57. The summed E-state index contributed by atoms with van der Waals surface area (Å²) in [6.07, 6.45) is 5.60. The number of likely N-dealkylation sites (tertiary alicyclic amines) is 1. The van der Waals surface area contributed by atoms with Crippen molar-refractivity contribution in [1.82, 2.24) is 9.47 Å². The molecule has 0 bridgehead atoms. The molecule has 48 heavy (non-hydrogen) atoms. The van der Waals surface area contributed by atoms with Gasteiger partial charge in [0.2, 0.25) is 12.7 Å². The molecule has 2 aliphatic heterocycles. The lowest BCUT2D eigenvalue weighted by Gasteiger charge is -2.35. The lowest BCUT2D eigenvalue weighted by atomic mass is 9.84. The minimum Gasteiger partial charge on any atom is -0.494 e. The normalized spacial score (nSPS) is 19.0. The molecule has 2 N–H and O–H groups in total. The van der Waals surface area contributed by atoms with Gasteiger partial charge in [0, 0.05) is 53.7 Å². The van der Waals surface area contributed by atoms with Crippen molar-refractivity contribution in [2.45, 2.75) is 77.4 Å². The Balaban J connectivity index is 1.35. The second-order valence-corrected chi connectivity index (χ2v) is 13.0. The van der Waals surface area contributed by atoms with Gasteiger partial charge >= 0.3 is 5.97 Å². The Morgan fingerprint density at radius 3 is 2.48 bits per heavy atom. The fourth-order valence-corrected chi connectivity index (χ4v) is 7.63. The smallest absolute Gasteiger partial charge is 0.308 e. The number of ether oxygens (including phenoxy) is 2. The molecule has 254 valence electrons. The number of carbonyl (C=O) groups excluding carboxylic acids is 1. The van der Waals surface area contributed by atoms with Gasteiger partial charge < -0.3 is 29.2 Å². The van der Waals surface area contributed by atoms with Crippen LogP contribution in [0.2, 0.25) is 0 Å². The number of aryl methyl sites for hydroxylation is 2. The molecule has 6 rings (SSSR count). The first-order valence-corrected chi connectivity index (χ1v) is 16.9. The molecule has 1 amide bonds. The highest BCUT2D eigenvalue weighted by atomic mass is 19.1. The van der Waals surface area contributed by atoms with E-state index in [1.165, 1.54) is 6.07 Å². The number of hydrogen-bond donors (Lipinski definition) is 2. The first-order chi connectivity index (χ1) is 23.2. The third-order valence-electron chi connectivity index (χ3n) is 9.93. The van der Waals surface area contributed by atoms with Crippen LogP contribution in [0.25, 0.3) is 10.8 Å². The predicted octanol–water partition coefficient (Wildman–Crippen LogP) is 7.08. The van der Waals surface area contributed by atoms with E-state index in [9.17, 15) is 24.2 Å². The number of hydrogen-bond acceptors (Lipinski definition) is 6. The summed E-state index contributed by atoms with van der Waals surface area (Å²) in [6, 6.07) is 17.3. The van der Waals surface area contributed by atoms with Crippen LogP contribution in [0.3, 0.4) is 0 Å². The standard InChI is InChI=1S/C38H44FN3O6/c1-4-8-27(9-5-2)42(28-13-14-31(39)24(3)18-28)35(43)22-41-21-30(25-12-15-33-34(19-25)48-23-47-33)36(38(45)46)32(41)16-17-40-20-26-10-6-7-11-29(26)37(40)44/h6-7,10-15,18-20,27,30,32,36,44H,4-5,8-9,16-17,21-23H2,1-3H3,(H,45,46)/t30-,32+,36?/m1/s1. The van der Waals surface area contributed by atoms with Crippen LogP contribution in [0.5, 0.6) is 17.4 Å². The second-order valence-electron chi connectivity index (χ2n) is 13.0. The number of carboxylic acids is 1. The Morgan fingerprint density at radius 1 is 1.02 bits per heavy atom. The first kappa shape index (κ1) is 33.3. The number of aromatic nitrogens is 1. The van der Waals surface area contributed by atoms with Crippen molar-refractivity contribution < 1.29 is 33.7 Å². The van der Waals surface area contributed by atoms with Gasteiger partial charge in [-0.3, -0.25) is 14.5 Å². The maximum absolute atomic E-state index is 14.5. The van der Waals surface area contributed by atoms with Gasteiger partial charge in [-0.15, -0.1) is 0 Å². The zero-order valence-corrected chi connectivity index (χ0v) is 27.8. The van der Waals surface area contributed by atoms with Gasteiger partial charge in [0.15, 0.2) is 17.4 Å². The van der Waals surface area contributed by atoms with Crippen molar-refractivity contribution in [2.75, 3.05) is 24.8 Å². The predicted molar refractivity (Wildman–Crippen MR) is 182 cm³/mol. The molecule has 0 spiro atoms. The van der Waals surface area contributed by atoms with Crippen LogP contribution in [-0.2, 0) is 16.1 Å². The van der Waals surface area contributed by atoms with Gasteiger partial charge in [0.25, 0.3) is 0 Å². The lowest BCUT2D eigenvalue weighted by Crippen LogP contribution is -2.48. The highest BCUT2D eigenvalue weighted by Crippen LogP contribution is 2.43. The minimum absolute atomic E-state index is 0.00448. The van der Waals surface area contributed by atoms with E-state index < -0.39 is 23.8 Å². The van der Waals surface area contributed by atoms with E-state index in [4.69, 9.17) is 9.47 Å². The summed E-state index contributed by atoms with van der Waals surface area (Å²) in [4.78, 5) is 31.4. The fourth-order valence-electron chi connectivity index (χ4n) is 7.63. The maximum atomic E-state index is 14.5. The van der Waals surface area contributed by atoms with E-state index in [1.807, 2.05) is 58.5 Å². The van der Waals surface area contributed by atoms with Gasteiger partial charge in [-0.2, -0.15) is 0 Å². The number of benzene rings is 3. The quantitative estimate of drug-likeness (QED) is 0.158. The van der Waals surface area contributed by atoms with E-state index in [-0.39, 0.29) is 37.0 Å². The molecule has 1 fully saturated rings. The molecule has 9 nitrogen and oxygen atoms in total. The van der Waals surface area contributed by atoms with Crippen LogP contribution < -0.4 is 14.4 Å². The van der Waals surface area contributed by atoms with Crippen molar-refractivity contribution in [2.24, 2.45) is 5.92 Å². The average molecular weight is 658 g/mol. The molecule has 0 saturated carbocycles. The number of aliphatic carboxylic acids is 1. The van der Waals surface area contributed by atoms with Crippen LogP contribution in [-0.4, -0.2) is 63.5 Å². The monoisotopic (exact) mass is 657 g/mol. The Bertz CT molecular complexity index is 1780. The van der Waals surface area contributed by atoms with Gasteiger partial charge in [-0.05, 0) is 73.7 Å². The van der Waals surface area contributed by atoms with Crippen molar-refractivity contribution in [3.63, 3.8) is 0 Å². The van der Waals surface area contributed by atoms with Crippen LogP contribution in [0.4, 0.5) is 10.1 Å². The van der Waals surface area contributed by atoms with Crippen LogP contribution >= 0.6 is 0 Å². The van der Waals surface area contributed by atoms with Crippen molar-refractivity contribution in [3.05, 3.63) is 83.8 Å². The number of rotatable bonds is 13. The highest BCUT2D eigenvalue weighted by molar-refractivity contribution is 5.95. The number of amides is 1. The summed E-state index contributed by atoms with van der Waals surface area (Å²) in [7, 11) is 0. The summed E-state index contributed by atoms with van der Waals surface area (Å²) < 4.78 is 27.3. The molecule has 3 aromatic carbocycles. The zero-order valence-electron chi connectivity index (χ0n) is 27.8. The number of nitrogens with zero attached hydrogens (tertiary/aromatic N) is 3. The van der Waals surface area contributed by atoms with E-state index in [0.29, 0.717) is 42.3 Å². The van der Waals surface area contributed by atoms with Gasteiger partial charge in [-0.25, -0.2) is 4.39 Å². The zero-order chi connectivity index (χ0) is 33.9. The molecule has 0 radical (unpaired) electrons. The summed E-state index contributed by atoms with van der Waals surface area (Å²) >= 11 is 0. The molecule has 3 atom stereocenters. The fraction of sp³-hybridized carbons (Fsp3) is 0.421. The number of fused-ring (bicyclic) bond motifs is 2. The molecular weight excluding hydrogens is 613 g/mol. The van der Waals surface area contributed by atoms with Crippen LogP contribution in [0.15, 0.2) is 66.9 Å². The molecule has 2 aliphatic rings. The van der Waals surface area contributed by atoms with Crippen molar-refractivity contribution >= 4 is 28.3 Å². The summed E-state index contributed by atoms with van der Waals surface area (Å²) in [5, 5.41) is 23.3. The van der Waals surface area contributed by atoms with Crippen LogP contribution in [0, 0.1) is 18.7 Å². The molecule has 1 saturated heterocycles. The topological polar surface area (TPSA) is 104 Å². The first-order valence-electron chi connectivity index (χ1n) is 16.9. The third kappa shape index (κ3) is 6.58. The summed E-state index contributed by atoms with van der Waals surface area (Å²) in [5.41, 5.74) is 1.92. The molecule has 0 aliphatic carbocycles. The Labute approximate surface area is 280 Å². The third-order valence-corrected chi connectivity index (χ3v) is 9.93. The van der Waals surface area contributed by atoms with Gasteiger partial charge in [0.05, 0.1) is 12.5 Å². The van der Waals surface area contributed by atoms with Crippen molar-refractivity contribution in [3.8, 4) is 17.4 Å². The van der Waals surface area contributed by atoms with E-state index in [1.54, 1.807) is 23.6 Å². The molecule has 3 heterocycles. The molecule has 1 unspecified atom stereocenters. The van der Waals surface area contributed by atoms with E-state index in [2.05, 4.69) is 13.8 Å². The number of halogens is 1. The van der Waals surface area contributed by atoms with E-state index in [0.717, 1.165) is 42.0 Å². The largest absolute Gasteiger partial charge is 0.494 e. The Kier molecular flexibility index (Phi) is 9.91. The highest BCUT2D eigenvalue weighted by Gasteiger charge is 2.47. The van der Waals surface area contributed by atoms with E-state index >= 15 is 0 Å². The Morgan fingerprint density at radius 2 is 1.77 bits per heavy atom. The SMILES string of the molecule is CCCC(CCC)N(C(=O)CN1C[C@H](c2ccc3c(c2)OCO3)C(C(=O)O)[C@@H]1CCn1cc2ccccc2c1O)c1ccc(F)c(C)c1. The van der Waals surface area contributed by atoms with Crippen LogP contribution in [0.1, 0.15) is 63.0 Å². The minimum atomic E-state index is -0.944. The van der Waals surface area contributed by atoms with Crippen molar-refractivity contribution in [1.29, 1.82) is 0 Å². The number of anilines is 1. The average Bonchev–Trinajstić information content (AvgIpc) is 3.77. The number of aromatic hydroxyl groups is 1. The molecule has 4 aromatic rings. The lowest BCUT2D eigenvalue weighted by molar-refractivity contribution is -0.143.